The molecule has 1 unspecified atom stereocenters. The summed E-state index contributed by atoms with van der Waals surface area (Å²) in [6, 6.07) is 11.3. The van der Waals surface area contributed by atoms with Crippen LogP contribution in [-0.4, -0.2) is 81.1 Å². The van der Waals surface area contributed by atoms with Crippen LogP contribution in [0.2, 0.25) is 0 Å². The van der Waals surface area contributed by atoms with Gasteiger partial charge in [0.1, 0.15) is 0 Å². The van der Waals surface area contributed by atoms with Crippen molar-refractivity contribution in [2.24, 2.45) is 10.9 Å². The number of morpholine rings is 1. The highest BCUT2D eigenvalue weighted by Crippen LogP contribution is 2.35. The molecule has 8 heteroatoms. The summed E-state index contributed by atoms with van der Waals surface area (Å²) >= 11 is 0. The summed E-state index contributed by atoms with van der Waals surface area (Å²) in [4.78, 5) is 35.4. The summed E-state index contributed by atoms with van der Waals surface area (Å²) in [5, 5.41) is 3.07. The maximum Gasteiger partial charge on any atom is 0.254 e. The molecular formula is C35H46N4O4. The van der Waals surface area contributed by atoms with E-state index in [1.54, 1.807) is 0 Å². The predicted octanol–water partition coefficient (Wildman–Crippen LogP) is 5.10. The van der Waals surface area contributed by atoms with E-state index < -0.39 is 5.92 Å². The summed E-state index contributed by atoms with van der Waals surface area (Å²) in [7, 11) is 0. The second-order valence-corrected chi connectivity index (χ2v) is 12.1. The quantitative estimate of drug-likeness (QED) is 0.440. The summed E-state index contributed by atoms with van der Waals surface area (Å²) in [6.07, 6.45) is 3.84. The molecular weight excluding hydrogens is 540 g/mol. The van der Waals surface area contributed by atoms with Crippen LogP contribution in [0.4, 0.5) is 5.69 Å². The van der Waals surface area contributed by atoms with Crippen LogP contribution in [0.5, 0.6) is 0 Å². The molecule has 8 nitrogen and oxygen atoms in total. The lowest BCUT2D eigenvalue weighted by Gasteiger charge is -2.37. The van der Waals surface area contributed by atoms with Crippen LogP contribution in [0.1, 0.15) is 60.7 Å². The number of benzene rings is 2. The fourth-order valence-corrected chi connectivity index (χ4v) is 6.52. The average Bonchev–Trinajstić information content (AvgIpc) is 3.00. The maximum atomic E-state index is 13.8. The third-order valence-corrected chi connectivity index (χ3v) is 9.12. The lowest BCUT2D eigenvalue weighted by Crippen LogP contribution is -2.40. The number of amides is 2. The van der Waals surface area contributed by atoms with Gasteiger partial charge in [0.05, 0.1) is 19.1 Å². The number of allylic oxidation sites excluding steroid dienone is 1. The van der Waals surface area contributed by atoms with Gasteiger partial charge in [-0.2, -0.15) is 0 Å². The number of aryl methyl sites for hydroxylation is 1. The van der Waals surface area contributed by atoms with E-state index in [4.69, 9.17) is 9.47 Å². The zero-order valence-corrected chi connectivity index (χ0v) is 26.4. The monoisotopic (exact) mass is 586 g/mol. The molecule has 2 amide bonds. The highest BCUT2D eigenvalue weighted by atomic mass is 16.5. The molecule has 1 atom stereocenters. The summed E-state index contributed by atoms with van der Waals surface area (Å²) in [5.41, 5.74) is 8.95. The van der Waals surface area contributed by atoms with Crippen molar-refractivity contribution in [2.75, 3.05) is 57.5 Å². The van der Waals surface area contributed by atoms with Gasteiger partial charge in [-0.3, -0.25) is 14.5 Å². The fraction of sp³-hybridized carbons (Fsp3) is 0.514. The zero-order valence-electron chi connectivity index (χ0n) is 26.4. The zero-order chi connectivity index (χ0) is 30.5. The molecule has 0 saturated carbocycles. The number of hydrogen-bond donors (Lipinski definition) is 1. The van der Waals surface area contributed by atoms with Gasteiger partial charge in [-0.1, -0.05) is 23.8 Å². The number of ether oxygens (including phenoxy) is 2. The van der Waals surface area contributed by atoms with Gasteiger partial charge in [0, 0.05) is 68.9 Å². The minimum Gasteiger partial charge on any atom is -0.381 e. The standard InChI is InChI=1S/C35H46N4O4/c1-6-39(30-9-13-42-14-10-30)33-20-29(27-7-8-28(23(2)18-27)22-38-11-15-43-16-12-38)19-31(26(33)5)34(40)36-21-32-24(3)17-25(4)37-35(32)41/h7-8,17-20,30,32H,6,9-16,21-22H2,1-5H3,(H,36,40). The van der Waals surface area contributed by atoms with E-state index in [0.29, 0.717) is 17.3 Å². The van der Waals surface area contributed by atoms with Crippen molar-refractivity contribution < 1.29 is 19.1 Å². The Morgan fingerprint density at radius 2 is 1.72 bits per heavy atom. The molecule has 0 aromatic heterocycles. The molecule has 2 aromatic carbocycles. The smallest absolute Gasteiger partial charge is 0.254 e. The second kappa shape index (κ2) is 14.0. The lowest BCUT2D eigenvalue weighted by atomic mass is 9.93. The van der Waals surface area contributed by atoms with Gasteiger partial charge >= 0.3 is 0 Å². The molecule has 0 radical (unpaired) electrons. The van der Waals surface area contributed by atoms with Gasteiger partial charge in [-0.25, -0.2) is 4.99 Å². The summed E-state index contributed by atoms with van der Waals surface area (Å²) in [6.45, 7) is 17.1. The van der Waals surface area contributed by atoms with Crippen LogP contribution in [0.15, 0.2) is 47.0 Å². The molecule has 3 heterocycles. The molecule has 1 N–H and O–H groups in total. The van der Waals surface area contributed by atoms with Crippen molar-refractivity contribution in [1.29, 1.82) is 0 Å². The number of aliphatic imine (C=N–C) groups is 1. The van der Waals surface area contributed by atoms with Crippen LogP contribution in [0, 0.1) is 19.8 Å². The van der Waals surface area contributed by atoms with Gasteiger partial charge < -0.3 is 19.7 Å². The first-order valence-corrected chi connectivity index (χ1v) is 15.7. The molecule has 230 valence electrons. The van der Waals surface area contributed by atoms with Crippen molar-refractivity contribution in [1.82, 2.24) is 10.2 Å². The first kappa shape index (κ1) is 31.1. The van der Waals surface area contributed by atoms with E-state index in [0.717, 1.165) is 93.4 Å². The number of nitrogens with one attached hydrogen (secondary N) is 1. The van der Waals surface area contributed by atoms with Crippen LogP contribution in [0.25, 0.3) is 11.1 Å². The topological polar surface area (TPSA) is 83.5 Å². The van der Waals surface area contributed by atoms with Crippen molar-refractivity contribution >= 4 is 23.2 Å². The Labute approximate surface area is 256 Å². The molecule has 3 aliphatic heterocycles. The highest BCUT2D eigenvalue weighted by Gasteiger charge is 2.27. The second-order valence-electron chi connectivity index (χ2n) is 12.1. The van der Waals surface area contributed by atoms with E-state index >= 15 is 0 Å². The van der Waals surface area contributed by atoms with Gasteiger partial charge in [0.25, 0.3) is 11.8 Å². The Morgan fingerprint density at radius 1 is 1.00 bits per heavy atom. The maximum absolute atomic E-state index is 13.8. The largest absolute Gasteiger partial charge is 0.381 e. The normalized spacial score (nSPS) is 20.0. The van der Waals surface area contributed by atoms with Crippen LogP contribution in [-0.2, 0) is 20.8 Å². The van der Waals surface area contributed by atoms with E-state index in [1.165, 1.54) is 11.1 Å². The van der Waals surface area contributed by atoms with Crippen molar-refractivity contribution in [2.45, 2.75) is 60.0 Å². The van der Waals surface area contributed by atoms with Crippen molar-refractivity contribution in [3.05, 3.63) is 64.2 Å². The minimum absolute atomic E-state index is 0.170. The Balaban J connectivity index is 1.47. The Bertz CT molecular complexity index is 1400. The number of carbonyl (C=O) groups excluding carboxylic acids is 2. The van der Waals surface area contributed by atoms with Crippen LogP contribution >= 0.6 is 0 Å². The Hall–Kier alpha value is -3.33. The number of carbonyl (C=O) groups is 2. The van der Waals surface area contributed by atoms with Gasteiger partial charge in [-0.05, 0) is 93.5 Å². The third-order valence-electron chi connectivity index (χ3n) is 9.12. The predicted molar refractivity (Wildman–Crippen MR) is 172 cm³/mol. The molecule has 0 aliphatic carbocycles. The molecule has 43 heavy (non-hydrogen) atoms. The van der Waals surface area contributed by atoms with Crippen molar-refractivity contribution in [3.63, 3.8) is 0 Å². The molecule has 5 rings (SSSR count). The molecule has 2 fully saturated rings. The number of nitrogens with zero attached hydrogens (tertiary/aromatic N) is 3. The molecule has 3 aliphatic rings. The number of dihydropyridines is 1. The molecule has 0 bridgehead atoms. The first-order valence-electron chi connectivity index (χ1n) is 15.7. The Kier molecular flexibility index (Phi) is 10.1. The number of hydrogen-bond acceptors (Lipinski definition) is 6. The molecule has 2 aromatic rings. The Morgan fingerprint density at radius 3 is 2.40 bits per heavy atom. The van der Waals surface area contributed by atoms with Gasteiger partial charge in [0.2, 0.25) is 0 Å². The van der Waals surface area contributed by atoms with E-state index in [2.05, 4.69) is 58.2 Å². The average molecular weight is 587 g/mol. The lowest BCUT2D eigenvalue weighted by molar-refractivity contribution is -0.120. The SMILES string of the molecule is CCN(c1cc(-c2ccc(CN3CCOCC3)c(C)c2)cc(C(=O)NCC2C(=O)N=C(C)C=C2C)c1C)C1CCOCC1. The summed E-state index contributed by atoms with van der Waals surface area (Å²) in [5.74, 6) is -0.809. The van der Waals surface area contributed by atoms with Crippen LogP contribution in [0.3, 0.4) is 0 Å². The molecule has 2 saturated heterocycles. The minimum atomic E-state index is -0.438. The number of rotatable bonds is 9. The highest BCUT2D eigenvalue weighted by molar-refractivity contribution is 6.06. The van der Waals surface area contributed by atoms with Crippen molar-refractivity contribution in [3.8, 4) is 11.1 Å². The van der Waals surface area contributed by atoms with E-state index in [1.807, 2.05) is 32.9 Å². The van der Waals surface area contributed by atoms with Crippen LogP contribution < -0.4 is 10.2 Å². The fourth-order valence-electron chi connectivity index (χ4n) is 6.52. The van der Waals surface area contributed by atoms with E-state index in [9.17, 15) is 9.59 Å². The third kappa shape index (κ3) is 7.25. The van der Waals surface area contributed by atoms with E-state index in [-0.39, 0.29) is 18.4 Å². The number of anilines is 1. The summed E-state index contributed by atoms with van der Waals surface area (Å²) < 4.78 is 11.2. The van der Waals surface area contributed by atoms with Gasteiger partial charge in [-0.15, -0.1) is 0 Å². The van der Waals surface area contributed by atoms with Gasteiger partial charge in [0.15, 0.2) is 0 Å². The molecule has 0 spiro atoms. The first-order chi connectivity index (χ1) is 20.7.